The van der Waals surface area contributed by atoms with E-state index in [1.54, 1.807) is 36.4 Å². The standard InChI is InChI=1S/C19H15BrN2O5/c1-11(22-17(24)14-4-2-3-5-15(14)18(22)25)19(26)27-10-16(23)21-13-8-6-12(20)7-9-13/h2-9,11H,10H2,1H3,(H,21,23)/t11-/m0/s1. The van der Waals surface area contributed by atoms with Crippen LogP contribution in [0.3, 0.4) is 0 Å². The number of carbonyl (C=O) groups is 4. The lowest BCUT2D eigenvalue weighted by Crippen LogP contribution is -2.44. The molecule has 3 rings (SSSR count). The molecular formula is C19H15BrN2O5. The fourth-order valence-electron chi connectivity index (χ4n) is 2.65. The van der Waals surface area contributed by atoms with E-state index in [9.17, 15) is 19.2 Å². The van der Waals surface area contributed by atoms with Crippen molar-refractivity contribution in [1.82, 2.24) is 4.90 Å². The Balaban J connectivity index is 1.58. The van der Waals surface area contributed by atoms with Crippen molar-refractivity contribution in [2.24, 2.45) is 0 Å². The number of halogens is 1. The number of amides is 3. The molecule has 0 saturated heterocycles. The Labute approximate surface area is 163 Å². The molecule has 0 unspecified atom stereocenters. The molecule has 0 fully saturated rings. The van der Waals surface area contributed by atoms with Crippen LogP contribution in [0.25, 0.3) is 0 Å². The molecule has 0 aromatic heterocycles. The number of anilines is 1. The average Bonchev–Trinajstić information content (AvgIpc) is 2.92. The highest BCUT2D eigenvalue weighted by atomic mass is 79.9. The average molecular weight is 431 g/mol. The normalized spacial score (nSPS) is 13.9. The van der Waals surface area contributed by atoms with E-state index in [1.807, 2.05) is 0 Å². The van der Waals surface area contributed by atoms with Gasteiger partial charge in [-0.05, 0) is 43.3 Å². The zero-order valence-electron chi connectivity index (χ0n) is 14.3. The molecule has 1 atom stereocenters. The van der Waals surface area contributed by atoms with Crippen LogP contribution in [-0.4, -0.2) is 41.2 Å². The summed E-state index contributed by atoms with van der Waals surface area (Å²) in [5, 5.41) is 2.58. The molecule has 0 spiro atoms. The molecular weight excluding hydrogens is 416 g/mol. The van der Waals surface area contributed by atoms with Gasteiger partial charge in [0.05, 0.1) is 11.1 Å². The minimum absolute atomic E-state index is 0.245. The Bertz CT molecular complexity index is 891. The summed E-state index contributed by atoms with van der Waals surface area (Å²) < 4.78 is 5.83. The van der Waals surface area contributed by atoms with E-state index in [1.165, 1.54) is 19.1 Å². The van der Waals surface area contributed by atoms with Crippen LogP contribution in [0.2, 0.25) is 0 Å². The number of ether oxygens (including phenoxy) is 1. The number of fused-ring (bicyclic) bond motifs is 1. The maximum Gasteiger partial charge on any atom is 0.329 e. The van der Waals surface area contributed by atoms with Crippen LogP contribution in [0.4, 0.5) is 5.69 Å². The van der Waals surface area contributed by atoms with Crippen molar-refractivity contribution < 1.29 is 23.9 Å². The summed E-state index contributed by atoms with van der Waals surface area (Å²) in [4.78, 5) is 49.7. The third-order valence-electron chi connectivity index (χ3n) is 4.03. The number of esters is 1. The summed E-state index contributed by atoms with van der Waals surface area (Å²) in [5.41, 5.74) is 1.04. The fraction of sp³-hybridized carbons (Fsp3) is 0.158. The molecule has 2 aromatic carbocycles. The highest BCUT2D eigenvalue weighted by Crippen LogP contribution is 2.24. The first-order valence-electron chi connectivity index (χ1n) is 8.07. The van der Waals surface area contributed by atoms with Gasteiger partial charge in [0, 0.05) is 10.2 Å². The molecule has 0 aliphatic carbocycles. The fourth-order valence-corrected chi connectivity index (χ4v) is 2.92. The monoisotopic (exact) mass is 430 g/mol. The Morgan fingerprint density at radius 3 is 2.15 bits per heavy atom. The Morgan fingerprint density at radius 1 is 1.04 bits per heavy atom. The Hall–Kier alpha value is -3.00. The molecule has 138 valence electrons. The second kappa shape index (κ2) is 7.71. The number of nitrogens with zero attached hydrogens (tertiary/aromatic N) is 1. The molecule has 7 nitrogen and oxygen atoms in total. The highest BCUT2D eigenvalue weighted by molar-refractivity contribution is 9.10. The van der Waals surface area contributed by atoms with Gasteiger partial charge in [-0.3, -0.25) is 19.3 Å². The molecule has 1 aliphatic heterocycles. The number of hydrogen-bond donors (Lipinski definition) is 1. The van der Waals surface area contributed by atoms with Gasteiger partial charge in [-0.15, -0.1) is 0 Å². The van der Waals surface area contributed by atoms with Crippen LogP contribution in [0.5, 0.6) is 0 Å². The van der Waals surface area contributed by atoms with E-state index in [0.717, 1.165) is 9.37 Å². The lowest BCUT2D eigenvalue weighted by molar-refractivity contribution is -0.150. The van der Waals surface area contributed by atoms with Crippen LogP contribution in [-0.2, 0) is 14.3 Å². The summed E-state index contributed by atoms with van der Waals surface area (Å²) >= 11 is 3.29. The van der Waals surface area contributed by atoms with Crippen molar-refractivity contribution >= 4 is 45.3 Å². The predicted molar refractivity (Wildman–Crippen MR) is 100 cm³/mol. The second-order valence-electron chi connectivity index (χ2n) is 5.86. The van der Waals surface area contributed by atoms with Gasteiger partial charge >= 0.3 is 5.97 Å². The molecule has 1 N–H and O–H groups in total. The van der Waals surface area contributed by atoms with Crippen LogP contribution < -0.4 is 5.32 Å². The molecule has 0 bridgehead atoms. The summed E-state index contributed by atoms with van der Waals surface area (Å²) in [6.45, 7) is 0.860. The Morgan fingerprint density at radius 2 is 1.59 bits per heavy atom. The van der Waals surface area contributed by atoms with Crippen LogP contribution in [0.1, 0.15) is 27.6 Å². The summed E-state index contributed by atoms with van der Waals surface area (Å²) in [7, 11) is 0. The van der Waals surface area contributed by atoms with Crippen LogP contribution in [0, 0.1) is 0 Å². The molecule has 3 amide bonds. The van der Waals surface area contributed by atoms with Crippen molar-refractivity contribution in [2.75, 3.05) is 11.9 Å². The maximum absolute atomic E-state index is 12.4. The van der Waals surface area contributed by atoms with Crippen LogP contribution >= 0.6 is 15.9 Å². The van der Waals surface area contributed by atoms with E-state index < -0.39 is 36.3 Å². The number of benzene rings is 2. The molecule has 27 heavy (non-hydrogen) atoms. The summed E-state index contributed by atoms with van der Waals surface area (Å²) in [6.07, 6.45) is 0. The van der Waals surface area contributed by atoms with E-state index in [-0.39, 0.29) is 11.1 Å². The first kappa shape index (κ1) is 18.8. The van der Waals surface area contributed by atoms with Gasteiger partial charge in [0.15, 0.2) is 6.61 Å². The first-order chi connectivity index (χ1) is 12.9. The van der Waals surface area contributed by atoms with E-state index in [4.69, 9.17) is 4.74 Å². The van der Waals surface area contributed by atoms with E-state index in [0.29, 0.717) is 5.69 Å². The van der Waals surface area contributed by atoms with Crippen LogP contribution in [0.15, 0.2) is 53.0 Å². The first-order valence-corrected chi connectivity index (χ1v) is 8.86. The lowest BCUT2D eigenvalue weighted by atomic mass is 10.1. The minimum Gasteiger partial charge on any atom is -0.454 e. The van der Waals surface area contributed by atoms with Crippen molar-refractivity contribution in [3.8, 4) is 0 Å². The molecule has 0 saturated carbocycles. The smallest absolute Gasteiger partial charge is 0.329 e. The lowest BCUT2D eigenvalue weighted by Gasteiger charge is -2.20. The van der Waals surface area contributed by atoms with Gasteiger partial charge in [0.25, 0.3) is 17.7 Å². The largest absolute Gasteiger partial charge is 0.454 e. The van der Waals surface area contributed by atoms with E-state index >= 15 is 0 Å². The van der Waals surface area contributed by atoms with Gasteiger partial charge in [0.2, 0.25) is 0 Å². The van der Waals surface area contributed by atoms with Gasteiger partial charge in [-0.25, -0.2) is 4.79 Å². The number of nitrogens with one attached hydrogen (secondary N) is 1. The number of carbonyl (C=O) groups excluding carboxylic acids is 4. The summed E-state index contributed by atoms with van der Waals surface area (Å²) in [6, 6.07) is 12.1. The van der Waals surface area contributed by atoms with Gasteiger partial charge < -0.3 is 10.1 Å². The molecule has 0 radical (unpaired) electrons. The number of rotatable bonds is 5. The number of hydrogen-bond acceptors (Lipinski definition) is 5. The highest BCUT2D eigenvalue weighted by Gasteiger charge is 2.41. The SMILES string of the molecule is C[C@@H](C(=O)OCC(=O)Nc1ccc(Br)cc1)N1C(=O)c2ccccc2C1=O. The zero-order chi connectivity index (χ0) is 19.6. The number of imide groups is 1. The molecule has 8 heteroatoms. The zero-order valence-corrected chi connectivity index (χ0v) is 15.9. The van der Waals surface area contributed by atoms with Gasteiger partial charge in [-0.2, -0.15) is 0 Å². The second-order valence-corrected chi connectivity index (χ2v) is 6.78. The van der Waals surface area contributed by atoms with Crippen molar-refractivity contribution in [3.63, 3.8) is 0 Å². The minimum atomic E-state index is -1.14. The molecule has 2 aromatic rings. The van der Waals surface area contributed by atoms with E-state index in [2.05, 4.69) is 21.2 Å². The third-order valence-corrected chi connectivity index (χ3v) is 4.56. The summed E-state index contributed by atoms with van der Waals surface area (Å²) in [5.74, 6) is -2.48. The molecule has 1 heterocycles. The van der Waals surface area contributed by atoms with Crippen molar-refractivity contribution in [3.05, 3.63) is 64.1 Å². The topological polar surface area (TPSA) is 92.8 Å². The quantitative estimate of drug-likeness (QED) is 0.581. The van der Waals surface area contributed by atoms with Gasteiger partial charge in [0.1, 0.15) is 6.04 Å². The molecule has 1 aliphatic rings. The van der Waals surface area contributed by atoms with Crippen molar-refractivity contribution in [1.29, 1.82) is 0 Å². The Kier molecular flexibility index (Phi) is 5.36. The van der Waals surface area contributed by atoms with Gasteiger partial charge in [-0.1, -0.05) is 28.1 Å². The third kappa shape index (κ3) is 3.90. The predicted octanol–water partition coefficient (Wildman–Crippen LogP) is 2.62. The van der Waals surface area contributed by atoms with Crippen molar-refractivity contribution in [2.45, 2.75) is 13.0 Å². The maximum atomic E-state index is 12.4.